The summed E-state index contributed by atoms with van der Waals surface area (Å²) < 4.78 is 27.1. The molecule has 2 aromatic rings. The van der Waals surface area contributed by atoms with Crippen LogP contribution in [0.5, 0.6) is 0 Å². The number of benzene rings is 1. The van der Waals surface area contributed by atoms with Gasteiger partial charge in [0.15, 0.2) is 0 Å². The molecule has 0 bridgehead atoms. The molecule has 1 N–H and O–H groups in total. The molecule has 1 aliphatic rings. The van der Waals surface area contributed by atoms with E-state index < -0.39 is 16.0 Å². The van der Waals surface area contributed by atoms with Crippen molar-refractivity contribution >= 4 is 50.6 Å². The summed E-state index contributed by atoms with van der Waals surface area (Å²) in [4.78, 5) is 12.1. The van der Waals surface area contributed by atoms with E-state index >= 15 is 0 Å². The van der Waals surface area contributed by atoms with E-state index in [9.17, 15) is 18.3 Å². The minimum atomic E-state index is -3.56. The van der Waals surface area contributed by atoms with Gasteiger partial charge in [0.25, 0.3) is 10.0 Å². The molecule has 1 saturated heterocycles. The van der Waals surface area contributed by atoms with E-state index in [1.165, 1.54) is 16.4 Å². The van der Waals surface area contributed by atoms with Crippen molar-refractivity contribution < 1.29 is 18.3 Å². The van der Waals surface area contributed by atoms with Crippen molar-refractivity contribution in [2.75, 3.05) is 13.1 Å². The van der Waals surface area contributed by atoms with E-state index in [1.807, 2.05) is 0 Å². The van der Waals surface area contributed by atoms with Crippen LogP contribution in [0.4, 0.5) is 0 Å². The lowest BCUT2D eigenvalue weighted by molar-refractivity contribution is -0.130. The lowest BCUT2D eigenvalue weighted by Crippen LogP contribution is -2.35. The highest BCUT2D eigenvalue weighted by molar-refractivity contribution is 7.91. The molecule has 26 heavy (non-hydrogen) atoms. The van der Waals surface area contributed by atoms with Crippen LogP contribution in [0.2, 0.25) is 5.02 Å². The Hall–Kier alpha value is -1.67. The standard InChI is InChI=1S/C18H18ClNO4S2/c19-14-6-4-13(5-7-14)12-15(18(21)22)16-8-9-17(25-16)26(23,24)20-10-2-1-3-11-20/h4-9,12H,1-3,10-11H2,(H,21,22)/b15-12-. The summed E-state index contributed by atoms with van der Waals surface area (Å²) in [5, 5.41) is 10.1. The van der Waals surface area contributed by atoms with E-state index in [4.69, 9.17) is 11.6 Å². The second kappa shape index (κ2) is 7.92. The molecule has 0 atom stereocenters. The molecule has 0 unspecified atom stereocenters. The number of hydrogen-bond donors (Lipinski definition) is 1. The van der Waals surface area contributed by atoms with Crippen LogP contribution >= 0.6 is 22.9 Å². The fraction of sp³-hybridized carbons (Fsp3) is 0.278. The Kier molecular flexibility index (Phi) is 5.82. The van der Waals surface area contributed by atoms with Crippen molar-refractivity contribution in [3.05, 3.63) is 51.9 Å². The van der Waals surface area contributed by atoms with Crippen LogP contribution in [0.3, 0.4) is 0 Å². The van der Waals surface area contributed by atoms with Gasteiger partial charge < -0.3 is 5.11 Å². The highest BCUT2D eigenvalue weighted by Gasteiger charge is 2.28. The summed E-state index contributed by atoms with van der Waals surface area (Å²) in [7, 11) is -3.56. The van der Waals surface area contributed by atoms with Gasteiger partial charge in [-0.1, -0.05) is 30.2 Å². The number of aliphatic carboxylic acids is 1. The summed E-state index contributed by atoms with van der Waals surface area (Å²) in [5.41, 5.74) is 0.734. The summed E-state index contributed by atoms with van der Waals surface area (Å²) >= 11 is 6.84. The van der Waals surface area contributed by atoms with Gasteiger partial charge in [-0.25, -0.2) is 13.2 Å². The molecule has 0 aliphatic carbocycles. The van der Waals surface area contributed by atoms with Crippen molar-refractivity contribution in [1.82, 2.24) is 4.31 Å². The molecule has 0 saturated carbocycles. The van der Waals surface area contributed by atoms with E-state index in [0.29, 0.717) is 28.6 Å². The van der Waals surface area contributed by atoms with Gasteiger partial charge in [0.1, 0.15) is 4.21 Å². The SMILES string of the molecule is O=C(O)/C(=C\c1ccc(Cl)cc1)c1ccc(S(=O)(=O)N2CCCCC2)s1. The van der Waals surface area contributed by atoms with Crippen LogP contribution in [0.25, 0.3) is 11.6 Å². The first-order valence-electron chi connectivity index (χ1n) is 8.19. The molecule has 0 spiro atoms. The molecule has 8 heteroatoms. The number of hydrogen-bond acceptors (Lipinski definition) is 4. The fourth-order valence-electron chi connectivity index (χ4n) is 2.80. The number of carboxylic acids is 1. The van der Waals surface area contributed by atoms with Crippen LogP contribution in [0.1, 0.15) is 29.7 Å². The highest BCUT2D eigenvalue weighted by atomic mass is 35.5. The first-order chi connectivity index (χ1) is 12.4. The van der Waals surface area contributed by atoms with Crippen LogP contribution in [-0.4, -0.2) is 36.9 Å². The summed E-state index contributed by atoms with van der Waals surface area (Å²) in [6.45, 7) is 1.03. The van der Waals surface area contributed by atoms with Gasteiger partial charge in [0.05, 0.1) is 5.57 Å². The van der Waals surface area contributed by atoms with Gasteiger partial charge in [0.2, 0.25) is 0 Å². The number of sulfonamides is 1. The number of piperidine rings is 1. The Morgan fingerprint density at radius 1 is 1.08 bits per heavy atom. The molecule has 1 aromatic carbocycles. The number of nitrogens with zero attached hydrogens (tertiary/aromatic N) is 1. The Labute approximate surface area is 161 Å². The van der Waals surface area contributed by atoms with Crippen molar-refractivity contribution in [3.63, 3.8) is 0 Å². The second-order valence-corrected chi connectivity index (χ2v) is 9.68. The molecule has 2 heterocycles. The summed E-state index contributed by atoms with van der Waals surface area (Å²) in [6, 6.07) is 9.82. The Morgan fingerprint density at radius 2 is 1.73 bits per heavy atom. The predicted octanol–water partition coefficient (Wildman–Crippen LogP) is 4.20. The van der Waals surface area contributed by atoms with Gasteiger partial charge in [0, 0.05) is 23.0 Å². The molecule has 1 aromatic heterocycles. The molecule has 5 nitrogen and oxygen atoms in total. The third kappa shape index (κ3) is 4.17. The highest BCUT2D eigenvalue weighted by Crippen LogP contribution is 2.32. The number of carbonyl (C=O) groups is 1. The first-order valence-corrected chi connectivity index (χ1v) is 10.8. The predicted molar refractivity (Wildman–Crippen MR) is 104 cm³/mol. The molecule has 0 amide bonds. The minimum Gasteiger partial charge on any atom is -0.478 e. The van der Waals surface area contributed by atoms with Gasteiger partial charge in [-0.2, -0.15) is 4.31 Å². The van der Waals surface area contributed by atoms with E-state index in [0.717, 1.165) is 30.6 Å². The maximum atomic E-state index is 12.7. The normalized spacial score (nSPS) is 16.6. The van der Waals surface area contributed by atoms with Gasteiger partial charge in [-0.15, -0.1) is 11.3 Å². The van der Waals surface area contributed by atoms with Crippen LogP contribution < -0.4 is 0 Å². The molecule has 1 aliphatic heterocycles. The molecule has 138 valence electrons. The van der Waals surface area contributed by atoms with Crippen LogP contribution in [-0.2, 0) is 14.8 Å². The van der Waals surface area contributed by atoms with Gasteiger partial charge >= 0.3 is 5.97 Å². The smallest absolute Gasteiger partial charge is 0.337 e. The Balaban J connectivity index is 1.93. The molecule has 0 radical (unpaired) electrons. The fourth-order valence-corrected chi connectivity index (χ4v) is 5.91. The van der Waals surface area contributed by atoms with Crippen molar-refractivity contribution in [2.24, 2.45) is 0 Å². The number of carboxylic acid groups (broad SMARTS) is 1. The zero-order valence-corrected chi connectivity index (χ0v) is 16.3. The molecule has 1 fully saturated rings. The zero-order valence-electron chi connectivity index (χ0n) is 13.9. The third-order valence-corrected chi connectivity index (χ3v) is 7.90. The van der Waals surface area contributed by atoms with E-state index in [1.54, 1.807) is 30.3 Å². The van der Waals surface area contributed by atoms with Crippen molar-refractivity contribution in [1.29, 1.82) is 0 Å². The molecular formula is C18H18ClNO4S2. The van der Waals surface area contributed by atoms with E-state index in [2.05, 4.69) is 0 Å². The largest absolute Gasteiger partial charge is 0.478 e. The minimum absolute atomic E-state index is 0.0532. The average molecular weight is 412 g/mol. The maximum absolute atomic E-state index is 12.7. The number of thiophene rings is 1. The van der Waals surface area contributed by atoms with Crippen LogP contribution in [0.15, 0.2) is 40.6 Å². The maximum Gasteiger partial charge on any atom is 0.337 e. The topological polar surface area (TPSA) is 74.7 Å². The lowest BCUT2D eigenvalue weighted by Gasteiger charge is -2.25. The van der Waals surface area contributed by atoms with E-state index in [-0.39, 0.29) is 9.78 Å². The average Bonchev–Trinajstić information content (AvgIpc) is 3.12. The second-order valence-electron chi connectivity index (χ2n) is 6.00. The number of rotatable bonds is 5. The van der Waals surface area contributed by atoms with Crippen molar-refractivity contribution in [2.45, 2.75) is 23.5 Å². The van der Waals surface area contributed by atoms with Crippen molar-refractivity contribution in [3.8, 4) is 0 Å². The Morgan fingerprint density at radius 3 is 2.35 bits per heavy atom. The number of halogens is 1. The molecular weight excluding hydrogens is 394 g/mol. The lowest BCUT2D eigenvalue weighted by atomic mass is 10.1. The first kappa shape index (κ1) is 19.1. The monoisotopic (exact) mass is 411 g/mol. The summed E-state index contributed by atoms with van der Waals surface area (Å²) in [6.07, 6.45) is 4.26. The third-order valence-electron chi connectivity index (χ3n) is 4.17. The summed E-state index contributed by atoms with van der Waals surface area (Å²) in [5.74, 6) is -1.11. The zero-order chi connectivity index (χ0) is 18.7. The van der Waals surface area contributed by atoms with Gasteiger partial charge in [-0.3, -0.25) is 0 Å². The van der Waals surface area contributed by atoms with Gasteiger partial charge in [-0.05, 0) is 48.7 Å². The quantitative estimate of drug-likeness (QED) is 0.748. The van der Waals surface area contributed by atoms with Crippen LogP contribution in [0, 0.1) is 0 Å². The molecule has 3 rings (SSSR count). The Bertz CT molecular complexity index is 926.